The smallest absolute Gasteiger partial charge is 0.345 e. The predicted octanol–water partition coefficient (Wildman–Crippen LogP) is 2.95. The molecule has 5 heteroatoms. The minimum atomic E-state index is -0.873. The number of carboxylic acids is 1. The average Bonchev–Trinajstić information content (AvgIpc) is 2.81. The second-order valence-electron chi connectivity index (χ2n) is 5.62. The van der Waals surface area contributed by atoms with E-state index in [1.54, 1.807) is 6.07 Å². The molecule has 1 aliphatic rings. The number of carboxylic acid groups (broad SMARTS) is 1. The summed E-state index contributed by atoms with van der Waals surface area (Å²) in [6, 6.07) is 7.76. The molecule has 2 heterocycles. The van der Waals surface area contributed by atoms with Crippen LogP contribution in [0.2, 0.25) is 0 Å². The summed E-state index contributed by atoms with van der Waals surface area (Å²) in [5.41, 5.74) is 0.548. The number of aromatic carboxylic acids is 1. The van der Waals surface area contributed by atoms with Crippen molar-refractivity contribution in [1.82, 2.24) is 0 Å². The second kappa shape index (κ2) is 4.75. The molecule has 1 aliphatic heterocycles. The van der Waals surface area contributed by atoms with E-state index in [1.807, 2.05) is 25.1 Å². The highest BCUT2D eigenvalue weighted by atomic mass is 32.1. The maximum absolute atomic E-state index is 11.0. The maximum Gasteiger partial charge on any atom is 0.345 e. The summed E-state index contributed by atoms with van der Waals surface area (Å²) in [6.07, 6.45) is 1.52. The number of aliphatic hydroxyl groups is 1. The number of piperidine rings is 1. The first kappa shape index (κ1) is 13.4. The Labute approximate surface area is 121 Å². The Morgan fingerprint density at radius 2 is 2.00 bits per heavy atom. The summed E-state index contributed by atoms with van der Waals surface area (Å²) < 4.78 is 0.997. The van der Waals surface area contributed by atoms with Gasteiger partial charge in [-0.15, -0.1) is 11.3 Å². The lowest BCUT2D eigenvalue weighted by Gasteiger charge is -2.37. The predicted molar refractivity (Wildman–Crippen MR) is 80.9 cm³/mol. The van der Waals surface area contributed by atoms with Crippen molar-refractivity contribution in [2.24, 2.45) is 0 Å². The average molecular weight is 291 g/mol. The fraction of sp³-hybridized carbons (Fsp3) is 0.400. The van der Waals surface area contributed by atoms with Crippen molar-refractivity contribution in [1.29, 1.82) is 0 Å². The molecule has 1 aromatic heterocycles. The highest BCUT2D eigenvalue weighted by Gasteiger charge is 2.27. The van der Waals surface area contributed by atoms with E-state index in [0.29, 0.717) is 4.88 Å². The summed E-state index contributed by atoms with van der Waals surface area (Å²) in [6.45, 7) is 3.54. The van der Waals surface area contributed by atoms with Gasteiger partial charge >= 0.3 is 5.97 Å². The van der Waals surface area contributed by atoms with Gasteiger partial charge in [0.2, 0.25) is 0 Å². The van der Waals surface area contributed by atoms with Crippen molar-refractivity contribution in [2.75, 3.05) is 18.0 Å². The molecule has 1 fully saturated rings. The fourth-order valence-corrected chi connectivity index (χ4v) is 3.50. The van der Waals surface area contributed by atoms with Crippen molar-refractivity contribution in [3.63, 3.8) is 0 Å². The largest absolute Gasteiger partial charge is 0.477 e. The quantitative estimate of drug-likeness (QED) is 0.893. The molecule has 0 unspecified atom stereocenters. The van der Waals surface area contributed by atoms with E-state index >= 15 is 0 Å². The van der Waals surface area contributed by atoms with Crippen molar-refractivity contribution in [3.8, 4) is 0 Å². The zero-order valence-electron chi connectivity index (χ0n) is 11.3. The number of benzene rings is 1. The van der Waals surface area contributed by atoms with Crippen LogP contribution < -0.4 is 4.90 Å². The molecule has 4 nitrogen and oxygen atoms in total. The number of anilines is 1. The molecule has 106 valence electrons. The number of hydrogen-bond acceptors (Lipinski definition) is 4. The number of thiophene rings is 1. The van der Waals surface area contributed by atoms with E-state index in [4.69, 9.17) is 5.11 Å². The Morgan fingerprint density at radius 1 is 1.30 bits per heavy atom. The Balaban J connectivity index is 1.87. The molecular weight excluding hydrogens is 274 g/mol. The second-order valence-corrected chi connectivity index (χ2v) is 6.71. The van der Waals surface area contributed by atoms with E-state index in [2.05, 4.69) is 4.90 Å². The van der Waals surface area contributed by atoms with Crippen LogP contribution in [-0.4, -0.2) is 34.9 Å². The first-order valence-corrected chi connectivity index (χ1v) is 7.50. The monoisotopic (exact) mass is 291 g/mol. The first-order valence-electron chi connectivity index (χ1n) is 6.69. The van der Waals surface area contributed by atoms with Crippen LogP contribution in [0.4, 0.5) is 5.69 Å². The highest BCUT2D eigenvalue weighted by Crippen LogP contribution is 2.32. The SMILES string of the molecule is CC1(O)CCN(c2ccc3cc(C(=O)O)sc3c2)CC1. The van der Waals surface area contributed by atoms with E-state index in [9.17, 15) is 9.90 Å². The van der Waals surface area contributed by atoms with Gasteiger partial charge in [-0.3, -0.25) is 0 Å². The molecule has 1 saturated heterocycles. The number of fused-ring (bicyclic) bond motifs is 1. The van der Waals surface area contributed by atoms with Crippen LogP contribution in [0.15, 0.2) is 24.3 Å². The van der Waals surface area contributed by atoms with Crippen molar-refractivity contribution in [3.05, 3.63) is 29.1 Å². The third-order valence-electron chi connectivity index (χ3n) is 3.92. The van der Waals surface area contributed by atoms with Crippen LogP contribution in [0.3, 0.4) is 0 Å². The van der Waals surface area contributed by atoms with E-state index in [-0.39, 0.29) is 0 Å². The van der Waals surface area contributed by atoms with Gasteiger partial charge in [0.1, 0.15) is 4.88 Å². The molecule has 0 saturated carbocycles. The standard InChI is InChI=1S/C15H17NO3S/c1-15(19)4-6-16(7-5-15)11-3-2-10-8-13(14(17)18)20-12(10)9-11/h2-3,8-9,19H,4-7H2,1H3,(H,17,18). The van der Waals surface area contributed by atoms with Crippen LogP contribution in [0.25, 0.3) is 10.1 Å². The Hall–Kier alpha value is -1.59. The summed E-state index contributed by atoms with van der Waals surface area (Å²) >= 11 is 1.31. The molecule has 0 radical (unpaired) electrons. The molecule has 0 spiro atoms. The highest BCUT2D eigenvalue weighted by molar-refractivity contribution is 7.20. The normalized spacial score (nSPS) is 18.4. The van der Waals surface area contributed by atoms with Crippen LogP contribution in [0.5, 0.6) is 0 Å². The van der Waals surface area contributed by atoms with Crippen LogP contribution in [0, 0.1) is 0 Å². The van der Waals surface area contributed by atoms with E-state index in [1.165, 1.54) is 11.3 Å². The molecule has 2 N–H and O–H groups in total. The van der Waals surface area contributed by atoms with Crippen molar-refractivity contribution < 1.29 is 15.0 Å². The number of rotatable bonds is 2. The van der Waals surface area contributed by atoms with E-state index < -0.39 is 11.6 Å². The number of hydrogen-bond donors (Lipinski definition) is 2. The van der Waals surface area contributed by atoms with Gasteiger partial charge in [-0.25, -0.2) is 4.79 Å². The maximum atomic E-state index is 11.0. The first-order chi connectivity index (χ1) is 9.44. The van der Waals surface area contributed by atoms with Gasteiger partial charge in [0.25, 0.3) is 0 Å². The molecule has 20 heavy (non-hydrogen) atoms. The molecule has 0 amide bonds. The zero-order valence-corrected chi connectivity index (χ0v) is 12.1. The minimum absolute atomic E-state index is 0.374. The van der Waals surface area contributed by atoms with Crippen molar-refractivity contribution >= 4 is 33.1 Å². The van der Waals surface area contributed by atoms with Crippen LogP contribution in [-0.2, 0) is 0 Å². The van der Waals surface area contributed by atoms with Gasteiger partial charge in [0, 0.05) is 23.5 Å². The fourth-order valence-electron chi connectivity index (χ4n) is 2.57. The lowest BCUT2D eigenvalue weighted by molar-refractivity contribution is 0.0351. The van der Waals surface area contributed by atoms with Crippen LogP contribution in [0.1, 0.15) is 29.4 Å². The van der Waals surface area contributed by atoms with Crippen molar-refractivity contribution in [2.45, 2.75) is 25.4 Å². The lowest BCUT2D eigenvalue weighted by Crippen LogP contribution is -2.42. The lowest BCUT2D eigenvalue weighted by atomic mass is 9.93. The topological polar surface area (TPSA) is 60.8 Å². The molecule has 2 aromatic rings. The summed E-state index contributed by atoms with van der Waals surface area (Å²) in [5, 5.41) is 20.0. The minimum Gasteiger partial charge on any atom is -0.477 e. The van der Waals surface area contributed by atoms with Crippen LogP contribution >= 0.6 is 11.3 Å². The summed E-state index contributed by atoms with van der Waals surface area (Å²) in [5.74, 6) is -0.873. The molecule has 0 bridgehead atoms. The van der Waals surface area contributed by atoms with Gasteiger partial charge < -0.3 is 15.1 Å². The van der Waals surface area contributed by atoms with Gasteiger partial charge in [-0.1, -0.05) is 6.07 Å². The third-order valence-corrected chi connectivity index (χ3v) is 5.01. The molecule has 0 aliphatic carbocycles. The Bertz CT molecular complexity index is 652. The molecular formula is C15H17NO3S. The van der Waals surface area contributed by atoms with Gasteiger partial charge in [-0.05, 0) is 43.4 Å². The Morgan fingerprint density at radius 3 is 2.65 bits per heavy atom. The van der Waals surface area contributed by atoms with Gasteiger partial charge in [0.05, 0.1) is 5.60 Å². The van der Waals surface area contributed by atoms with Gasteiger partial charge in [-0.2, -0.15) is 0 Å². The molecule has 3 rings (SSSR count). The molecule has 1 aromatic carbocycles. The molecule has 0 atom stereocenters. The zero-order chi connectivity index (χ0) is 14.3. The Kier molecular flexibility index (Phi) is 3.18. The van der Waals surface area contributed by atoms with Gasteiger partial charge in [0.15, 0.2) is 0 Å². The van der Waals surface area contributed by atoms with E-state index in [0.717, 1.165) is 41.7 Å². The number of carbonyl (C=O) groups is 1. The summed E-state index contributed by atoms with van der Waals surface area (Å²) in [4.78, 5) is 13.6. The summed E-state index contributed by atoms with van der Waals surface area (Å²) in [7, 11) is 0. The third kappa shape index (κ3) is 2.51. The number of nitrogens with zero attached hydrogens (tertiary/aromatic N) is 1.